The van der Waals surface area contributed by atoms with Crippen LogP contribution in [0.4, 0.5) is 34.4 Å². The van der Waals surface area contributed by atoms with E-state index in [1.165, 1.54) is 17.8 Å². The molecule has 0 fully saturated rings. The van der Waals surface area contributed by atoms with Crippen LogP contribution in [-0.2, 0) is 10.1 Å². The number of anilines is 2. The smallest absolute Gasteiger partial charge is 0.296 e. The molecule has 0 spiro atoms. The van der Waals surface area contributed by atoms with Crippen molar-refractivity contribution in [3.8, 4) is 0 Å². The predicted molar refractivity (Wildman–Crippen MR) is 118 cm³/mol. The first-order valence-corrected chi connectivity index (χ1v) is 11.3. The van der Waals surface area contributed by atoms with Crippen LogP contribution >= 0.6 is 11.8 Å². The summed E-state index contributed by atoms with van der Waals surface area (Å²) >= 11 is 1.25. The molecule has 31 heavy (non-hydrogen) atoms. The summed E-state index contributed by atoms with van der Waals surface area (Å²) < 4.78 is 33.5. The van der Waals surface area contributed by atoms with E-state index in [2.05, 4.69) is 30.4 Å². The number of aryl methyl sites for hydroxylation is 1. The van der Waals surface area contributed by atoms with Crippen molar-refractivity contribution in [1.82, 2.24) is 9.97 Å². The van der Waals surface area contributed by atoms with E-state index in [1.54, 1.807) is 37.4 Å². The first-order valence-electron chi connectivity index (χ1n) is 8.66. The summed E-state index contributed by atoms with van der Waals surface area (Å²) in [5.74, 6) is -0.0296. The predicted octanol–water partition coefficient (Wildman–Crippen LogP) is 4.75. The van der Waals surface area contributed by atoms with Gasteiger partial charge in [0.2, 0.25) is 0 Å². The van der Waals surface area contributed by atoms with Crippen molar-refractivity contribution < 1.29 is 13.0 Å². The van der Waals surface area contributed by atoms with Gasteiger partial charge in [-0.05, 0) is 43.0 Å². The van der Waals surface area contributed by atoms with Crippen molar-refractivity contribution in [3.63, 3.8) is 0 Å². The number of azo groups is 2. The van der Waals surface area contributed by atoms with Crippen LogP contribution in [0.15, 0.2) is 73.0 Å². The van der Waals surface area contributed by atoms with E-state index < -0.39 is 15.0 Å². The Balaban J connectivity index is 2.04. The maximum atomic E-state index is 11.9. The highest BCUT2D eigenvalue weighted by molar-refractivity contribution is 7.98. The number of thioether (sulfide) groups is 1. The molecule has 0 unspecified atom stereocenters. The van der Waals surface area contributed by atoms with Gasteiger partial charge in [0.25, 0.3) is 10.1 Å². The van der Waals surface area contributed by atoms with Crippen molar-refractivity contribution in [2.75, 3.05) is 17.7 Å². The highest BCUT2D eigenvalue weighted by Gasteiger charge is 2.19. The lowest BCUT2D eigenvalue weighted by Crippen LogP contribution is -2.01. The van der Waals surface area contributed by atoms with Crippen molar-refractivity contribution in [1.29, 1.82) is 0 Å². The molecular weight excluding hydrogens is 440 g/mol. The number of aromatic nitrogens is 2. The molecule has 1 aromatic heterocycles. The third-order valence-corrected chi connectivity index (χ3v) is 5.37. The number of hydrogen-bond acceptors (Lipinski definition) is 11. The van der Waals surface area contributed by atoms with Crippen LogP contribution in [0.25, 0.3) is 0 Å². The lowest BCUT2D eigenvalue weighted by molar-refractivity contribution is 0.483. The number of rotatable bonds is 6. The standard InChI is InChI=1S/C18H18N8O3S2/c1-10-8-13(25-26-15-16(19)21-18(30-2)22-17(15)20)14(31(27,28)29)9-12(10)24-23-11-6-4-3-5-7-11/h3-9H,1-2H3,(H,27,28,29)(H4,19,20,21,22). The lowest BCUT2D eigenvalue weighted by atomic mass is 10.2. The first-order chi connectivity index (χ1) is 14.7. The molecule has 0 atom stereocenters. The van der Waals surface area contributed by atoms with Gasteiger partial charge in [-0.15, -0.1) is 10.2 Å². The van der Waals surface area contributed by atoms with E-state index in [-0.39, 0.29) is 28.7 Å². The molecule has 160 valence electrons. The largest absolute Gasteiger partial charge is 0.382 e. The van der Waals surface area contributed by atoms with E-state index in [0.29, 0.717) is 16.4 Å². The minimum Gasteiger partial charge on any atom is -0.382 e. The van der Waals surface area contributed by atoms with Gasteiger partial charge in [0.05, 0.1) is 11.4 Å². The van der Waals surface area contributed by atoms with Gasteiger partial charge in [-0.25, -0.2) is 9.97 Å². The summed E-state index contributed by atoms with van der Waals surface area (Å²) in [7, 11) is -4.64. The third kappa shape index (κ3) is 5.39. The highest BCUT2D eigenvalue weighted by Crippen LogP contribution is 2.36. The maximum absolute atomic E-state index is 11.9. The second-order valence-electron chi connectivity index (χ2n) is 6.15. The Labute approximate surface area is 182 Å². The summed E-state index contributed by atoms with van der Waals surface area (Å²) in [6.07, 6.45) is 1.76. The van der Waals surface area contributed by atoms with Gasteiger partial charge in [-0.3, -0.25) is 4.55 Å². The van der Waals surface area contributed by atoms with E-state index in [9.17, 15) is 13.0 Å². The molecule has 0 bridgehead atoms. The zero-order valence-corrected chi connectivity index (χ0v) is 18.1. The molecule has 13 heteroatoms. The molecule has 11 nitrogen and oxygen atoms in total. The Hall–Kier alpha value is -3.42. The Bertz CT molecular complexity index is 1260. The number of benzene rings is 2. The van der Waals surface area contributed by atoms with Gasteiger partial charge < -0.3 is 11.5 Å². The molecule has 0 aliphatic heterocycles. The zero-order valence-electron chi connectivity index (χ0n) is 16.5. The minimum absolute atomic E-state index is 0.00965. The van der Waals surface area contributed by atoms with E-state index >= 15 is 0 Å². The van der Waals surface area contributed by atoms with Crippen LogP contribution in [0.1, 0.15) is 5.56 Å². The molecule has 3 rings (SSSR count). The Morgan fingerprint density at radius 3 is 2.13 bits per heavy atom. The van der Waals surface area contributed by atoms with E-state index in [0.717, 1.165) is 6.07 Å². The van der Waals surface area contributed by atoms with E-state index in [4.69, 9.17) is 11.5 Å². The van der Waals surface area contributed by atoms with Gasteiger partial charge in [0.1, 0.15) is 10.6 Å². The van der Waals surface area contributed by atoms with Crippen molar-refractivity contribution >= 4 is 56.3 Å². The number of nitrogens with zero attached hydrogens (tertiary/aromatic N) is 6. The number of nitrogens with two attached hydrogens (primary N) is 2. The Kier molecular flexibility index (Phi) is 6.58. The van der Waals surface area contributed by atoms with Gasteiger partial charge in [-0.2, -0.15) is 18.6 Å². The molecule has 1 heterocycles. The SMILES string of the molecule is CSc1nc(N)c(N=Nc2cc(C)c(N=Nc3ccccc3)cc2S(=O)(=O)O)c(N)n1. The van der Waals surface area contributed by atoms with Crippen molar-refractivity contribution in [2.45, 2.75) is 17.0 Å². The quantitative estimate of drug-likeness (QED) is 0.204. The molecule has 0 saturated carbocycles. The lowest BCUT2D eigenvalue weighted by Gasteiger charge is -2.07. The first kappa shape index (κ1) is 22.3. The van der Waals surface area contributed by atoms with Crippen LogP contribution in [-0.4, -0.2) is 29.2 Å². The molecule has 0 aliphatic rings. The summed E-state index contributed by atoms with van der Waals surface area (Å²) in [4.78, 5) is 7.55. The monoisotopic (exact) mass is 458 g/mol. The zero-order chi connectivity index (χ0) is 22.6. The molecule has 0 saturated heterocycles. The van der Waals surface area contributed by atoms with Crippen LogP contribution in [0.5, 0.6) is 0 Å². The normalized spacial score (nSPS) is 12.1. The summed E-state index contributed by atoms with van der Waals surface area (Å²) in [6.45, 7) is 1.69. The van der Waals surface area contributed by atoms with E-state index in [1.807, 2.05) is 6.07 Å². The van der Waals surface area contributed by atoms with Gasteiger partial charge in [0.15, 0.2) is 22.5 Å². The van der Waals surface area contributed by atoms with Crippen molar-refractivity contribution in [2.24, 2.45) is 20.5 Å². The van der Waals surface area contributed by atoms with Gasteiger partial charge in [0, 0.05) is 0 Å². The van der Waals surface area contributed by atoms with Crippen LogP contribution in [0.2, 0.25) is 0 Å². The molecule has 2 aromatic carbocycles. The highest BCUT2D eigenvalue weighted by atomic mass is 32.2. The minimum atomic E-state index is -4.64. The summed E-state index contributed by atoms with van der Waals surface area (Å²) in [5, 5.41) is 16.3. The average molecular weight is 459 g/mol. The Morgan fingerprint density at radius 2 is 1.55 bits per heavy atom. The second-order valence-corrected chi connectivity index (χ2v) is 8.31. The summed E-state index contributed by atoms with van der Waals surface area (Å²) in [5.41, 5.74) is 12.9. The maximum Gasteiger partial charge on any atom is 0.296 e. The van der Waals surface area contributed by atoms with Crippen LogP contribution in [0.3, 0.4) is 0 Å². The van der Waals surface area contributed by atoms with Crippen molar-refractivity contribution in [3.05, 3.63) is 48.0 Å². The summed E-state index contributed by atoms with van der Waals surface area (Å²) in [6, 6.07) is 11.5. The topological polar surface area (TPSA) is 182 Å². The van der Waals surface area contributed by atoms with Gasteiger partial charge >= 0.3 is 0 Å². The molecule has 0 aliphatic carbocycles. The molecule has 3 aromatic rings. The molecule has 5 N–H and O–H groups in total. The van der Waals surface area contributed by atoms with Crippen LogP contribution in [0, 0.1) is 6.92 Å². The molecule has 0 radical (unpaired) electrons. The second kappa shape index (κ2) is 9.16. The van der Waals surface area contributed by atoms with Crippen LogP contribution < -0.4 is 11.5 Å². The number of hydrogen-bond donors (Lipinski definition) is 3. The fourth-order valence-corrected chi connectivity index (χ4v) is 3.43. The molecular formula is C18H18N8O3S2. The number of nitrogen functional groups attached to an aromatic ring is 2. The van der Waals surface area contributed by atoms with Gasteiger partial charge in [-0.1, -0.05) is 30.0 Å². The Morgan fingerprint density at radius 1 is 0.935 bits per heavy atom. The third-order valence-electron chi connectivity index (χ3n) is 3.94. The average Bonchev–Trinajstić information content (AvgIpc) is 2.72. The molecule has 0 amide bonds. The fourth-order valence-electron chi connectivity index (χ4n) is 2.43. The fraction of sp³-hybridized carbons (Fsp3) is 0.111.